The zero-order valence-corrected chi connectivity index (χ0v) is 17.4. The summed E-state index contributed by atoms with van der Waals surface area (Å²) >= 11 is 0. The third-order valence-corrected chi connectivity index (χ3v) is 5.43. The number of hydrogen-bond donors (Lipinski definition) is 1. The predicted octanol–water partition coefficient (Wildman–Crippen LogP) is -0.0874. The molecule has 0 aliphatic carbocycles. The zero-order chi connectivity index (χ0) is 21.6. The Kier molecular flexibility index (Phi) is 4.95. The molecule has 1 atom stereocenters. The second-order valence-electron chi connectivity index (χ2n) is 7.88. The lowest BCUT2D eigenvalue weighted by Crippen LogP contribution is -3.06. The van der Waals surface area contributed by atoms with Crippen molar-refractivity contribution >= 4 is 23.1 Å². The fraction of sp³-hybridized carbons (Fsp3) is 0.318. The van der Waals surface area contributed by atoms with Crippen LogP contribution in [0.3, 0.4) is 0 Å². The van der Waals surface area contributed by atoms with Gasteiger partial charge in [0.1, 0.15) is 17.4 Å². The van der Waals surface area contributed by atoms with Gasteiger partial charge in [-0.15, -0.1) is 0 Å². The number of furan rings is 1. The minimum atomic E-state index is -0.846. The molecule has 3 aromatic rings. The van der Waals surface area contributed by atoms with Crippen LogP contribution < -0.4 is 10.0 Å². The molecule has 1 amide bonds. The fourth-order valence-corrected chi connectivity index (χ4v) is 3.91. The van der Waals surface area contributed by atoms with Gasteiger partial charge in [-0.25, -0.2) is 4.98 Å². The molecule has 1 saturated heterocycles. The number of Topliss-reactive ketones (excluding diaryl/α,β-unsaturated/α-hetero) is 1. The normalized spacial score (nSPS) is 18.8. The molecular weight excluding hydrogens is 384 g/mol. The van der Waals surface area contributed by atoms with Crippen LogP contribution in [0.1, 0.15) is 28.8 Å². The number of amides is 1. The summed E-state index contributed by atoms with van der Waals surface area (Å²) < 4.78 is 7.22. The van der Waals surface area contributed by atoms with Crippen LogP contribution in [0.25, 0.3) is 11.4 Å². The van der Waals surface area contributed by atoms with Gasteiger partial charge in [-0.05, 0) is 37.6 Å². The first-order chi connectivity index (χ1) is 14.3. The van der Waals surface area contributed by atoms with E-state index in [1.807, 2.05) is 33.2 Å². The predicted molar refractivity (Wildman–Crippen MR) is 107 cm³/mol. The number of aryl methyl sites for hydroxylation is 2. The van der Waals surface area contributed by atoms with Crippen LogP contribution in [0, 0.1) is 13.8 Å². The smallest absolute Gasteiger partial charge is 0.295 e. The number of pyridine rings is 1. The Morgan fingerprint density at radius 2 is 2.00 bits per heavy atom. The van der Waals surface area contributed by atoms with Gasteiger partial charge < -0.3 is 23.7 Å². The second-order valence-corrected chi connectivity index (χ2v) is 7.88. The molecule has 4 rings (SSSR count). The summed E-state index contributed by atoms with van der Waals surface area (Å²) in [7, 11) is 3.92. The van der Waals surface area contributed by atoms with E-state index in [9.17, 15) is 14.7 Å². The van der Waals surface area contributed by atoms with Crippen molar-refractivity contribution in [2.75, 3.05) is 27.2 Å². The Labute approximate surface area is 174 Å². The van der Waals surface area contributed by atoms with E-state index in [4.69, 9.17) is 4.42 Å². The van der Waals surface area contributed by atoms with Crippen molar-refractivity contribution in [2.45, 2.75) is 19.9 Å². The molecule has 0 aromatic carbocycles. The number of likely N-dealkylation sites (N-methyl/N-ethyl adjacent to an activating group) is 1. The van der Waals surface area contributed by atoms with Gasteiger partial charge in [-0.2, -0.15) is 0 Å². The molecule has 1 aliphatic rings. The molecular formula is C22H24N4O4. The summed E-state index contributed by atoms with van der Waals surface area (Å²) in [6.07, 6.45) is 3.22. The number of aromatic nitrogens is 2. The van der Waals surface area contributed by atoms with Crippen LogP contribution in [-0.2, 0) is 9.59 Å². The van der Waals surface area contributed by atoms with E-state index in [1.54, 1.807) is 29.7 Å². The molecule has 3 aromatic heterocycles. The standard InChI is InChI=1S/C22H24N4O4/c1-13-7-5-9-25-17(14(2)23-21(13)25)19(27)16-18(15-8-6-12-30-15)26(11-10-24(3)4)22(29)20(16)28/h5-9,12,18,27H,10-11H2,1-4H3/b19-16+. The highest BCUT2D eigenvalue weighted by Gasteiger charge is 2.46. The molecule has 1 unspecified atom stereocenters. The van der Waals surface area contributed by atoms with Gasteiger partial charge in [0.05, 0.1) is 44.8 Å². The van der Waals surface area contributed by atoms with Crippen molar-refractivity contribution in [1.29, 1.82) is 0 Å². The lowest BCUT2D eigenvalue weighted by molar-refractivity contribution is -0.857. The molecule has 0 bridgehead atoms. The Morgan fingerprint density at radius 3 is 2.67 bits per heavy atom. The van der Waals surface area contributed by atoms with Crippen molar-refractivity contribution in [3.8, 4) is 0 Å². The lowest BCUT2D eigenvalue weighted by Gasteiger charge is -2.25. The molecule has 8 nitrogen and oxygen atoms in total. The van der Waals surface area contributed by atoms with Crippen molar-refractivity contribution in [2.24, 2.45) is 0 Å². The highest BCUT2D eigenvalue weighted by atomic mass is 16.3. The number of hydrogen-bond acceptors (Lipinski definition) is 5. The summed E-state index contributed by atoms with van der Waals surface area (Å²) in [5, 5.41) is 13.7. The first-order valence-corrected chi connectivity index (χ1v) is 9.84. The summed E-state index contributed by atoms with van der Waals surface area (Å²) in [6.45, 7) is 4.60. The lowest BCUT2D eigenvalue weighted by atomic mass is 10.0. The van der Waals surface area contributed by atoms with E-state index in [2.05, 4.69) is 4.98 Å². The maximum atomic E-state index is 13.7. The molecule has 156 valence electrons. The minimum absolute atomic E-state index is 0.0879. The van der Waals surface area contributed by atoms with Crippen molar-refractivity contribution in [3.05, 3.63) is 65.0 Å². The second kappa shape index (κ2) is 7.46. The monoisotopic (exact) mass is 408 g/mol. The van der Waals surface area contributed by atoms with E-state index in [0.29, 0.717) is 35.9 Å². The average molecular weight is 408 g/mol. The topological polar surface area (TPSA) is 95.3 Å². The first kappa shape index (κ1) is 19.9. The van der Waals surface area contributed by atoms with E-state index in [0.717, 1.165) is 10.5 Å². The number of imidazole rings is 1. The van der Waals surface area contributed by atoms with Gasteiger partial charge in [0.2, 0.25) is 5.78 Å². The van der Waals surface area contributed by atoms with Crippen LogP contribution in [0.2, 0.25) is 0 Å². The molecule has 0 spiro atoms. The van der Waals surface area contributed by atoms with E-state index < -0.39 is 23.5 Å². The molecule has 1 N–H and O–H groups in total. The van der Waals surface area contributed by atoms with Crippen LogP contribution in [0.4, 0.5) is 0 Å². The molecule has 30 heavy (non-hydrogen) atoms. The van der Waals surface area contributed by atoms with Crippen LogP contribution in [0.15, 0.2) is 46.7 Å². The number of ketones is 1. The summed E-state index contributed by atoms with van der Waals surface area (Å²) in [6, 6.07) is 6.25. The molecule has 1 aliphatic heterocycles. The van der Waals surface area contributed by atoms with E-state index >= 15 is 0 Å². The van der Waals surface area contributed by atoms with Gasteiger partial charge in [0, 0.05) is 11.8 Å². The number of fused-ring (bicyclic) bond motifs is 1. The zero-order valence-electron chi connectivity index (χ0n) is 17.4. The number of nitrogens with one attached hydrogen (secondary N) is 1. The van der Waals surface area contributed by atoms with Crippen LogP contribution in [-0.4, -0.2) is 53.2 Å². The third-order valence-electron chi connectivity index (χ3n) is 5.43. The largest absolute Gasteiger partial charge is 0.871 e. The van der Waals surface area contributed by atoms with E-state index in [-0.39, 0.29) is 5.57 Å². The fourth-order valence-electron chi connectivity index (χ4n) is 3.91. The van der Waals surface area contributed by atoms with Gasteiger partial charge in [-0.1, -0.05) is 11.8 Å². The minimum Gasteiger partial charge on any atom is -0.871 e. The van der Waals surface area contributed by atoms with Crippen LogP contribution >= 0.6 is 0 Å². The highest BCUT2D eigenvalue weighted by molar-refractivity contribution is 6.46. The van der Waals surface area contributed by atoms with E-state index in [1.165, 1.54) is 11.2 Å². The maximum absolute atomic E-state index is 13.7. The van der Waals surface area contributed by atoms with Gasteiger partial charge in [0.15, 0.2) is 0 Å². The number of carbonyl (C=O) groups excluding carboxylic acids is 2. The van der Waals surface area contributed by atoms with Crippen LogP contribution in [0.5, 0.6) is 0 Å². The van der Waals surface area contributed by atoms with Crippen molar-refractivity contribution in [3.63, 3.8) is 0 Å². The van der Waals surface area contributed by atoms with Gasteiger partial charge in [-0.3, -0.25) is 9.59 Å². The SMILES string of the molecule is Cc1nc2c(C)cccn2c1/C([O-])=C1\C(=O)C(=O)N(CC[NH+](C)C)C1c1ccco1. The van der Waals surface area contributed by atoms with Crippen molar-refractivity contribution < 1.29 is 24.0 Å². The molecule has 1 fully saturated rings. The van der Waals surface area contributed by atoms with Crippen molar-refractivity contribution in [1.82, 2.24) is 14.3 Å². The molecule has 0 radical (unpaired) electrons. The van der Waals surface area contributed by atoms with Gasteiger partial charge >= 0.3 is 0 Å². The summed E-state index contributed by atoms with van der Waals surface area (Å²) in [5.41, 5.74) is 2.28. The quantitative estimate of drug-likeness (QED) is 0.362. The Bertz CT molecular complexity index is 1160. The number of likely N-dealkylation sites (tertiary alicyclic amines) is 1. The summed E-state index contributed by atoms with van der Waals surface area (Å²) in [5.74, 6) is -1.56. The number of rotatable bonds is 5. The Balaban J connectivity index is 1.92. The number of carbonyl (C=O) groups is 2. The Hall–Kier alpha value is -3.39. The summed E-state index contributed by atoms with van der Waals surface area (Å²) in [4.78, 5) is 32.9. The molecule has 4 heterocycles. The first-order valence-electron chi connectivity index (χ1n) is 9.84. The average Bonchev–Trinajstić information content (AvgIpc) is 3.38. The van der Waals surface area contributed by atoms with Gasteiger partial charge in [0.25, 0.3) is 5.91 Å². The highest BCUT2D eigenvalue weighted by Crippen LogP contribution is 2.39. The molecule has 8 heteroatoms. The number of nitrogens with zero attached hydrogens (tertiary/aromatic N) is 3. The molecule has 0 saturated carbocycles. The number of quaternary nitrogens is 1. The maximum Gasteiger partial charge on any atom is 0.295 e. The third kappa shape index (κ3) is 3.09. The Morgan fingerprint density at radius 1 is 1.23 bits per heavy atom.